The first kappa shape index (κ1) is 14.4. The summed E-state index contributed by atoms with van der Waals surface area (Å²) in [5.74, 6) is -0.326. The topological polar surface area (TPSA) is 46.5 Å². The second kappa shape index (κ2) is 7.69. The number of carboxylic acid groups (broad SMARTS) is 1. The van der Waals surface area contributed by atoms with Gasteiger partial charge in [-0.2, -0.15) is 0 Å². The van der Waals surface area contributed by atoms with Crippen LogP contribution in [0, 0.1) is 5.92 Å². The minimum atomic E-state index is -0.875. The molecule has 0 spiro atoms. The van der Waals surface area contributed by atoms with Crippen LogP contribution in [0.3, 0.4) is 0 Å². The van der Waals surface area contributed by atoms with Crippen molar-refractivity contribution in [2.75, 3.05) is 0 Å². The minimum absolute atomic E-state index is 0.0936. The van der Waals surface area contributed by atoms with Gasteiger partial charge in [0.1, 0.15) is 0 Å². The maximum Gasteiger partial charge on any atom is 0.332 e. The average Bonchev–Trinajstić information content (AvgIpc) is 2.13. The molecule has 2 atom stereocenters. The molecular weight excluding hydrogens is 192 g/mol. The van der Waals surface area contributed by atoms with Crippen molar-refractivity contribution >= 4 is 5.97 Å². The van der Waals surface area contributed by atoms with Crippen molar-refractivity contribution in [3.8, 4) is 0 Å². The monoisotopic (exact) mass is 216 g/mol. The van der Waals surface area contributed by atoms with Gasteiger partial charge in [-0.05, 0) is 25.7 Å². The second-order valence-corrected chi connectivity index (χ2v) is 4.51. The van der Waals surface area contributed by atoms with Gasteiger partial charge in [0.2, 0.25) is 0 Å². The van der Waals surface area contributed by atoms with Crippen LogP contribution in [0.5, 0.6) is 0 Å². The van der Waals surface area contributed by atoms with E-state index in [1.807, 2.05) is 0 Å². The molecular formula is C12H24O3. The molecule has 0 aliphatic carbocycles. The highest BCUT2D eigenvalue weighted by Gasteiger charge is 2.18. The maximum atomic E-state index is 10.7. The number of ether oxygens (including phenoxy) is 1. The Morgan fingerprint density at radius 3 is 2.33 bits per heavy atom. The van der Waals surface area contributed by atoms with Gasteiger partial charge in [0.05, 0.1) is 6.10 Å². The van der Waals surface area contributed by atoms with Gasteiger partial charge >= 0.3 is 5.97 Å². The van der Waals surface area contributed by atoms with Crippen molar-refractivity contribution in [3.63, 3.8) is 0 Å². The highest BCUT2D eigenvalue weighted by atomic mass is 16.5. The number of hydrogen-bond donors (Lipinski definition) is 1. The molecule has 0 aromatic heterocycles. The highest BCUT2D eigenvalue weighted by molar-refractivity contribution is 5.71. The number of carboxylic acids is 1. The van der Waals surface area contributed by atoms with Gasteiger partial charge in [-0.15, -0.1) is 0 Å². The van der Waals surface area contributed by atoms with E-state index < -0.39 is 12.1 Å². The standard InChI is InChI=1S/C12H24O3/c1-5-6-7-11(8-9(2)3)15-10(4)12(13)14/h9-11H,5-8H2,1-4H3,(H,13,14). The van der Waals surface area contributed by atoms with E-state index in [2.05, 4.69) is 20.8 Å². The smallest absolute Gasteiger partial charge is 0.332 e. The van der Waals surface area contributed by atoms with E-state index in [-0.39, 0.29) is 6.10 Å². The molecule has 2 unspecified atom stereocenters. The Labute approximate surface area is 92.8 Å². The van der Waals surface area contributed by atoms with Gasteiger partial charge in [0.15, 0.2) is 6.10 Å². The van der Waals surface area contributed by atoms with Crippen LogP contribution in [0.15, 0.2) is 0 Å². The van der Waals surface area contributed by atoms with E-state index in [1.54, 1.807) is 6.92 Å². The van der Waals surface area contributed by atoms with E-state index in [4.69, 9.17) is 9.84 Å². The second-order valence-electron chi connectivity index (χ2n) is 4.51. The van der Waals surface area contributed by atoms with E-state index in [1.165, 1.54) is 0 Å². The third-order valence-electron chi connectivity index (χ3n) is 2.36. The predicted octanol–water partition coefficient (Wildman–Crippen LogP) is 3.08. The molecule has 0 aromatic carbocycles. The summed E-state index contributed by atoms with van der Waals surface area (Å²) in [6.45, 7) is 8.00. The highest BCUT2D eigenvalue weighted by Crippen LogP contribution is 2.16. The van der Waals surface area contributed by atoms with Crippen LogP contribution in [-0.4, -0.2) is 23.3 Å². The summed E-state index contributed by atoms with van der Waals surface area (Å²) >= 11 is 0. The van der Waals surface area contributed by atoms with Gasteiger partial charge in [0, 0.05) is 0 Å². The number of aliphatic carboxylic acids is 1. The van der Waals surface area contributed by atoms with Gasteiger partial charge in [-0.3, -0.25) is 0 Å². The Hall–Kier alpha value is -0.570. The Morgan fingerprint density at radius 2 is 1.93 bits per heavy atom. The lowest BCUT2D eigenvalue weighted by Gasteiger charge is -2.21. The van der Waals surface area contributed by atoms with Crippen LogP contribution in [-0.2, 0) is 9.53 Å². The van der Waals surface area contributed by atoms with Crippen molar-refractivity contribution in [1.29, 1.82) is 0 Å². The zero-order valence-electron chi connectivity index (χ0n) is 10.3. The molecule has 1 N–H and O–H groups in total. The molecule has 0 aromatic rings. The molecule has 0 heterocycles. The summed E-state index contributed by atoms with van der Waals surface area (Å²) in [4.78, 5) is 10.7. The van der Waals surface area contributed by atoms with Crippen LogP contribution in [0.25, 0.3) is 0 Å². The number of rotatable bonds is 8. The number of carbonyl (C=O) groups is 1. The van der Waals surface area contributed by atoms with Crippen LogP contribution in [0.4, 0.5) is 0 Å². The summed E-state index contributed by atoms with van der Waals surface area (Å²) in [7, 11) is 0. The van der Waals surface area contributed by atoms with Crippen molar-refractivity contribution in [2.24, 2.45) is 5.92 Å². The number of hydrogen-bond acceptors (Lipinski definition) is 2. The van der Waals surface area contributed by atoms with Gasteiger partial charge < -0.3 is 9.84 Å². The molecule has 0 bridgehead atoms. The Balaban J connectivity index is 4.04. The van der Waals surface area contributed by atoms with E-state index in [0.717, 1.165) is 25.7 Å². The van der Waals surface area contributed by atoms with E-state index in [0.29, 0.717) is 5.92 Å². The van der Waals surface area contributed by atoms with Crippen molar-refractivity contribution in [1.82, 2.24) is 0 Å². The largest absolute Gasteiger partial charge is 0.479 e. The summed E-state index contributed by atoms with van der Waals surface area (Å²) in [5, 5.41) is 8.77. The third kappa shape index (κ3) is 7.37. The summed E-state index contributed by atoms with van der Waals surface area (Å²) in [5.41, 5.74) is 0. The first-order valence-corrected chi connectivity index (χ1v) is 5.85. The quantitative estimate of drug-likeness (QED) is 0.678. The van der Waals surface area contributed by atoms with Gasteiger partial charge in [0.25, 0.3) is 0 Å². The normalized spacial score (nSPS) is 15.3. The molecule has 0 aliphatic rings. The van der Waals surface area contributed by atoms with Crippen LogP contribution in [0.1, 0.15) is 53.4 Å². The molecule has 3 heteroatoms. The van der Waals surface area contributed by atoms with E-state index in [9.17, 15) is 4.79 Å². The lowest BCUT2D eigenvalue weighted by Crippen LogP contribution is -2.27. The molecule has 0 aliphatic heterocycles. The lowest BCUT2D eigenvalue weighted by molar-refractivity contribution is -0.153. The first-order chi connectivity index (χ1) is 6.97. The van der Waals surface area contributed by atoms with Gasteiger partial charge in [-0.25, -0.2) is 4.79 Å². The van der Waals surface area contributed by atoms with Crippen LogP contribution < -0.4 is 0 Å². The van der Waals surface area contributed by atoms with Crippen molar-refractivity contribution in [2.45, 2.75) is 65.6 Å². The fourth-order valence-electron chi connectivity index (χ4n) is 1.55. The fourth-order valence-corrected chi connectivity index (χ4v) is 1.55. The van der Waals surface area contributed by atoms with Crippen molar-refractivity contribution < 1.29 is 14.6 Å². The zero-order chi connectivity index (χ0) is 11.8. The maximum absolute atomic E-state index is 10.7. The fraction of sp³-hybridized carbons (Fsp3) is 0.917. The lowest BCUT2D eigenvalue weighted by atomic mass is 10.0. The summed E-state index contributed by atoms with van der Waals surface area (Å²) in [6, 6.07) is 0. The molecule has 0 rings (SSSR count). The zero-order valence-corrected chi connectivity index (χ0v) is 10.3. The molecule has 15 heavy (non-hydrogen) atoms. The average molecular weight is 216 g/mol. The van der Waals surface area contributed by atoms with Crippen LogP contribution >= 0.6 is 0 Å². The first-order valence-electron chi connectivity index (χ1n) is 5.85. The summed E-state index contributed by atoms with van der Waals surface area (Å²) < 4.78 is 5.53. The molecule has 90 valence electrons. The third-order valence-corrected chi connectivity index (χ3v) is 2.36. The molecule has 0 amide bonds. The molecule has 0 saturated carbocycles. The molecule has 0 saturated heterocycles. The Morgan fingerprint density at radius 1 is 1.33 bits per heavy atom. The molecule has 3 nitrogen and oxygen atoms in total. The van der Waals surface area contributed by atoms with Crippen LogP contribution in [0.2, 0.25) is 0 Å². The minimum Gasteiger partial charge on any atom is -0.479 e. The van der Waals surface area contributed by atoms with Gasteiger partial charge in [-0.1, -0.05) is 33.6 Å². The Kier molecular flexibility index (Phi) is 7.39. The Bertz CT molecular complexity index is 178. The van der Waals surface area contributed by atoms with E-state index >= 15 is 0 Å². The predicted molar refractivity (Wildman–Crippen MR) is 61.0 cm³/mol. The van der Waals surface area contributed by atoms with Crippen molar-refractivity contribution in [3.05, 3.63) is 0 Å². The molecule has 0 fully saturated rings. The number of unbranched alkanes of at least 4 members (excludes halogenated alkanes) is 1. The SMILES string of the molecule is CCCCC(CC(C)C)OC(C)C(=O)O. The molecule has 0 radical (unpaired) electrons. The summed E-state index contributed by atoms with van der Waals surface area (Å²) in [6.07, 6.45) is 3.54.